The van der Waals surface area contributed by atoms with Crippen LogP contribution in [0.25, 0.3) is 0 Å². The minimum atomic E-state index is -1.09. The van der Waals surface area contributed by atoms with Crippen molar-refractivity contribution in [2.75, 3.05) is 13.2 Å². The number of aliphatic hydroxyl groups is 2. The van der Waals surface area contributed by atoms with Crippen LogP contribution in [0.4, 0.5) is 0 Å². The van der Waals surface area contributed by atoms with E-state index in [1.807, 2.05) is 32.5 Å². The molecule has 1 aromatic rings. The van der Waals surface area contributed by atoms with E-state index in [9.17, 15) is 5.11 Å². The van der Waals surface area contributed by atoms with Gasteiger partial charge in [0.05, 0.1) is 17.9 Å². The molecule has 0 aliphatic carbocycles. The van der Waals surface area contributed by atoms with Gasteiger partial charge >= 0.3 is 0 Å². The van der Waals surface area contributed by atoms with Gasteiger partial charge < -0.3 is 15.5 Å². The van der Waals surface area contributed by atoms with Crippen molar-refractivity contribution >= 4 is 0 Å². The van der Waals surface area contributed by atoms with Crippen LogP contribution in [0.2, 0.25) is 0 Å². The highest BCUT2D eigenvalue weighted by Crippen LogP contribution is 2.20. The van der Waals surface area contributed by atoms with Gasteiger partial charge in [-0.3, -0.25) is 4.68 Å². The first kappa shape index (κ1) is 14.2. The van der Waals surface area contributed by atoms with E-state index >= 15 is 0 Å². The van der Waals surface area contributed by atoms with Gasteiger partial charge in [-0.05, 0) is 27.7 Å². The van der Waals surface area contributed by atoms with Gasteiger partial charge in [-0.1, -0.05) is 0 Å². The summed E-state index contributed by atoms with van der Waals surface area (Å²) < 4.78 is 1.85. The van der Waals surface area contributed by atoms with Crippen molar-refractivity contribution in [2.45, 2.75) is 39.3 Å². The van der Waals surface area contributed by atoms with Gasteiger partial charge in [0.2, 0.25) is 0 Å². The van der Waals surface area contributed by atoms with Crippen molar-refractivity contribution in [1.82, 2.24) is 15.1 Å². The summed E-state index contributed by atoms with van der Waals surface area (Å²) in [6, 6.07) is 0.0988. The first-order chi connectivity index (χ1) is 7.78. The van der Waals surface area contributed by atoms with E-state index in [4.69, 9.17) is 5.11 Å². The van der Waals surface area contributed by atoms with Crippen LogP contribution in [0.1, 0.15) is 36.8 Å². The molecule has 2 atom stereocenters. The second-order valence-corrected chi connectivity index (χ2v) is 4.97. The highest BCUT2D eigenvalue weighted by atomic mass is 16.3. The van der Waals surface area contributed by atoms with Crippen molar-refractivity contribution in [3.63, 3.8) is 0 Å². The Bertz CT molecular complexity index is 385. The molecule has 0 amide bonds. The predicted octanol–water partition coefficient (Wildman–Crippen LogP) is 0.431. The third-order valence-corrected chi connectivity index (χ3v) is 3.13. The van der Waals surface area contributed by atoms with Gasteiger partial charge in [0, 0.05) is 30.9 Å². The molecule has 1 rings (SSSR count). The van der Waals surface area contributed by atoms with E-state index in [1.165, 1.54) is 0 Å². The Hall–Kier alpha value is -0.910. The Labute approximate surface area is 102 Å². The number of aryl methyl sites for hydroxylation is 2. The fraction of sp³-hybridized carbons (Fsp3) is 0.750. The highest BCUT2D eigenvalue weighted by molar-refractivity contribution is 5.27. The Morgan fingerprint density at radius 3 is 2.47 bits per heavy atom. The Morgan fingerprint density at radius 1 is 1.47 bits per heavy atom. The molecule has 0 fully saturated rings. The van der Waals surface area contributed by atoms with E-state index < -0.39 is 5.60 Å². The van der Waals surface area contributed by atoms with Crippen molar-refractivity contribution < 1.29 is 10.2 Å². The lowest BCUT2D eigenvalue weighted by atomic mass is 10.0. The maximum atomic E-state index is 9.73. The van der Waals surface area contributed by atoms with Crippen LogP contribution < -0.4 is 5.32 Å². The average Bonchev–Trinajstić information content (AvgIpc) is 2.50. The lowest BCUT2D eigenvalue weighted by Gasteiger charge is -2.24. The predicted molar refractivity (Wildman–Crippen MR) is 66.8 cm³/mol. The molecule has 98 valence electrons. The van der Waals surface area contributed by atoms with Crippen LogP contribution >= 0.6 is 0 Å². The molecule has 0 spiro atoms. The van der Waals surface area contributed by atoms with Crippen LogP contribution in [0.3, 0.4) is 0 Å². The molecule has 0 aromatic carbocycles. The van der Waals surface area contributed by atoms with E-state index in [0.29, 0.717) is 6.54 Å². The van der Waals surface area contributed by atoms with E-state index in [2.05, 4.69) is 10.4 Å². The maximum absolute atomic E-state index is 9.73. The van der Waals surface area contributed by atoms with Crippen LogP contribution in [-0.4, -0.2) is 38.7 Å². The number of aliphatic hydroxyl groups excluding tert-OH is 1. The number of hydrogen-bond acceptors (Lipinski definition) is 4. The van der Waals surface area contributed by atoms with E-state index in [0.717, 1.165) is 17.0 Å². The van der Waals surface area contributed by atoms with E-state index in [-0.39, 0.29) is 12.6 Å². The molecule has 0 aliphatic rings. The molecule has 1 aromatic heterocycles. The minimum Gasteiger partial charge on any atom is -0.393 e. The van der Waals surface area contributed by atoms with Gasteiger partial charge in [-0.25, -0.2) is 0 Å². The second kappa shape index (κ2) is 5.16. The molecule has 0 saturated heterocycles. The molecule has 5 heteroatoms. The van der Waals surface area contributed by atoms with Crippen molar-refractivity contribution in [1.29, 1.82) is 0 Å². The zero-order valence-electron chi connectivity index (χ0n) is 11.3. The summed E-state index contributed by atoms with van der Waals surface area (Å²) in [5.74, 6) is 0. The zero-order valence-corrected chi connectivity index (χ0v) is 11.3. The largest absolute Gasteiger partial charge is 0.393 e. The lowest BCUT2D eigenvalue weighted by Crippen LogP contribution is -2.41. The molecule has 5 nitrogen and oxygen atoms in total. The van der Waals surface area contributed by atoms with Crippen LogP contribution in [-0.2, 0) is 7.05 Å². The Morgan fingerprint density at radius 2 is 2.06 bits per heavy atom. The molecule has 0 bridgehead atoms. The number of rotatable bonds is 5. The highest BCUT2D eigenvalue weighted by Gasteiger charge is 2.22. The van der Waals surface area contributed by atoms with Gasteiger partial charge in [0.25, 0.3) is 0 Å². The molecule has 3 N–H and O–H groups in total. The normalized spacial score (nSPS) is 16.9. The van der Waals surface area contributed by atoms with Crippen LogP contribution in [0.15, 0.2) is 0 Å². The van der Waals surface area contributed by atoms with Crippen molar-refractivity contribution in [3.8, 4) is 0 Å². The van der Waals surface area contributed by atoms with Crippen LogP contribution in [0.5, 0.6) is 0 Å². The van der Waals surface area contributed by atoms with Crippen molar-refractivity contribution in [3.05, 3.63) is 17.0 Å². The monoisotopic (exact) mass is 241 g/mol. The number of aromatic nitrogens is 2. The standard InChI is InChI=1S/C12H23N3O2/c1-8(13-6-12(4,17)7-16)11-9(2)14-15(5)10(11)3/h8,13,16-17H,6-7H2,1-5H3. The Balaban J connectivity index is 2.74. The molecule has 1 heterocycles. The summed E-state index contributed by atoms with van der Waals surface area (Å²) in [5, 5.41) is 26.3. The summed E-state index contributed by atoms with van der Waals surface area (Å²) >= 11 is 0. The summed E-state index contributed by atoms with van der Waals surface area (Å²) in [5.41, 5.74) is 2.18. The van der Waals surface area contributed by atoms with Crippen LogP contribution in [0, 0.1) is 13.8 Å². The molecule has 0 aliphatic heterocycles. The molecule has 0 saturated carbocycles. The molecular formula is C12H23N3O2. The SMILES string of the molecule is Cc1nn(C)c(C)c1C(C)NCC(C)(O)CO. The number of nitrogens with zero attached hydrogens (tertiary/aromatic N) is 2. The molecule has 2 unspecified atom stereocenters. The van der Waals surface area contributed by atoms with Gasteiger partial charge in [0.1, 0.15) is 0 Å². The number of nitrogens with one attached hydrogen (secondary N) is 1. The minimum absolute atomic E-state index is 0.0988. The third-order valence-electron chi connectivity index (χ3n) is 3.13. The first-order valence-corrected chi connectivity index (χ1v) is 5.85. The Kier molecular flexibility index (Phi) is 4.30. The second-order valence-electron chi connectivity index (χ2n) is 4.97. The smallest absolute Gasteiger partial charge is 0.0973 e. The summed E-state index contributed by atoms with van der Waals surface area (Å²) in [4.78, 5) is 0. The van der Waals surface area contributed by atoms with Gasteiger partial charge in [0.15, 0.2) is 0 Å². The topological polar surface area (TPSA) is 70.3 Å². The van der Waals surface area contributed by atoms with Gasteiger partial charge in [-0.2, -0.15) is 5.10 Å². The maximum Gasteiger partial charge on any atom is 0.0973 e. The molecule has 17 heavy (non-hydrogen) atoms. The summed E-state index contributed by atoms with van der Waals surface area (Å²) in [6.07, 6.45) is 0. The summed E-state index contributed by atoms with van der Waals surface area (Å²) in [7, 11) is 1.92. The quantitative estimate of drug-likeness (QED) is 0.699. The number of hydrogen-bond donors (Lipinski definition) is 3. The van der Waals surface area contributed by atoms with E-state index in [1.54, 1.807) is 6.92 Å². The molecular weight excluding hydrogens is 218 g/mol. The summed E-state index contributed by atoms with van der Waals surface area (Å²) in [6.45, 7) is 7.73. The average molecular weight is 241 g/mol. The fourth-order valence-electron chi connectivity index (χ4n) is 1.95. The molecule has 0 radical (unpaired) electrons. The fourth-order valence-corrected chi connectivity index (χ4v) is 1.95. The third kappa shape index (κ3) is 3.28. The van der Waals surface area contributed by atoms with Gasteiger partial charge in [-0.15, -0.1) is 0 Å². The first-order valence-electron chi connectivity index (χ1n) is 5.85. The zero-order chi connectivity index (χ0) is 13.2. The lowest BCUT2D eigenvalue weighted by molar-refractivity contribution is 0.00103. The van der Waals surface area contributed by atoms with Crippen molar-refractivity contribution in [2.24, 2.45) is 7.05 Å².